The van der Waals surface area contributed by atoms with Crippen LogP contribution >= 0.6 is 15.9 Å². The van der Waals surface area contributed by atoms with Gasteiger partial charge in [0.25, 0.3) is 0 Å². The Kier molecular flexibility index (Phi) is 5.38. The predicted octanol–water partition coefficient (Wildman–Crippen LogP) is 5.07. The lowest BCUT2D eigenvalue weighted by atomic mass is 10.0. The van der Waals surface area contributed by atoms with Gasteiger partial charge in [-0.1, -0.05) is 46.3 Å². The maximum absolute atomic E-state index is 12.8. The van der Waals surface area contributed by atoms with Crippen LogP contribution in [-0.4, -0.2) is 22.8 Å². The molecule has 5 heteroatoms. The number of aryl methyl sites for hydroxylation is 1. The first-order valence-electron chi connectivity index (χ1n) is 8.21. The van der Waals surface area contributed by atoms with Gasteiger partial charge in [0.05, 0.1) is 0 Å². The summed E-state index contributed by atoms with van der Waals surface area (Å²) in [4.78, 5) is 28.0. The molecule has 0 saturated carbocycles. The van der Waals surface area contributed by atoms with E-state index in [-0.39, 0.29) is 5.78 Å². The number of fused-ring (bicyclic) bond motifs is 1. The van der Waals surface area contributed by atoms with Gasteiger partial charge in [-0.2, -0.15) is 0 Å². The van der Waals surface area contributed by atoms with E-state index in [4.69, 9.17) is 4.74 Å². The Morgan fingerprint density at radius 3 is 2.69 bits per heavy atom. The molecule has 0 aliphatic heterocycles. The third-order valence-corrected chi connectivity index (χ3v) is 4.56. The molecule has 3 aromatic rings. The second-order valence-electron chi connectivity index (χ2n) is 6.00. The van der Waals surface area contributed by atoms with Gasteiger partial charge in [-0.15, -0.1) is 0 Å². The van der Waals surface area contributed by atoms with Crippen molar-refractivity contribution in [3.63, 3.8) is 0 Å². The fourth-order valence-corrected chi connectivity index (χ4v) is 3.26. The molecule has 1 N–H and O–H groups in total. The lowest BCUT2D eigenvalue weighted by Crippen LogP contribution is -2.24. The SMILES string of the molecule is Cc1[nH]c2ccccc2c1C(=O)[C@@H](C)OC(=O)/C=C/c1cccc(Br)c1. The first-order chi connectivity index (χ1) is 12.5. The quantitative estimate of drug-likeness (QED) is 0.362. The maximum atomic E-state index is 12.8. The van der Waals surface area contributed by atoms with Crippen LogP contribution in [-0.2, 0) is 9.53 Å². The number of carbonyl (C=O) groups is 2. The fraction of sp³-hybridized carbons (Fsp3) is 0.143. The first kappa shape index (κ1) is 18.1. The molecule has 0 aliphatic carbocycles. The Balaban J connectivity index is 1.72. The minimum absolute atomic E-state index is 0.218. The van der Waals surface area contributed by atoms with E-state index in [1.165, 1.54) is 6.08 Å². The molecule has 1 heterocycles. The van der Waals surface area contributed by atoms with Crippen molar-refractivity contribution in [2.75, 3.05) is 0 Å². The number of Topliss-reactive ketones (excluding diaryl/α,β-unsaturated/α-hetero) is 1. The van der Waals surface area contributed by atoms with Gasteiger partial charge in [0.15, 0.2) is 6.10 Å². The molecule has 4 nitrogen and oxygen atoms in total. The summed E-state index contributed by atoms with van der Waals surface area (Å²) in [5.41, 5.74) is 3.09. The normalized spacial score (nSPS) is 12.4. The van der Waals surface area contributed by atoms with Crippen LogP contribution in [0.1, 0.15) is 28.5 Å². The average molecular weight is 412 g/mol. The molecule has 0 spiro atoms. The molecular formula is C21H18BrNO3. The second kappa shape index (κ2) is 7.70. The van der Waals surface area contributed by atoms with Crippen molar-refractivity contribution in [1.82, 2.24) is 4.98 Å². The molecule has 0 bridgehead atoms. The molecule has 0 fully saturated rings. The van der Waals surface area contributed by atoms with E-state index in [0.717, 1.165) is 26.6 Å². The first-order valence-corrected chi connectivity index (χ1v) is 9.01. The molecule has 26 heavy (non-hydrogen) atoms. The van der Waals surface area contributed by atoms with Crippen LogP contribution in [0.3, 0.4) is 0 Å². The third-order valence-electron chi connectivity index (χ3n) is 4.06. The van der Waals surface area contributed by atoms with Gasteiger partial charge in [-0.05, 0) is 43.7 Å². The van der Waals surface area contributed by atoms with E-state index in [0.29, 0.717) is 5.56 Å². The Morgan fingerprint density at radius 2 is 1.92 bits per heavy atom. The summed E-state index contributed by atoms with van der Waals surface area (Å²) >= 11 is 3.38. The summed E-state index contributed by atoms with van der Waals surface area (Å²) in [6.45, 7) is 3.43. The van der Waals surface area contributed by atoms with Crippen molar-refractivity contribution >= 4 is 44.7 Å². The third kappa shape index (κ3) is 3.94. The van der Waals surface area contributed by atoms with Crippen LogP contribution in [0.25, 0.3) is 17.0 Å². The minimum atomic E-state index is -0.868. The molecule has 3 rings (SSSR count). The summed E-state index contributed by atoms with van der Waals surface area (Å²) in [6, 6.07) is 15.1. The van der Waals surface area contributed by atoms with Gasteiger partial charge >= 0.3 is 5.97 Å². The van der Waals surface area contributed by atoms with E-state index in [9.17, 15) is 9.59 Å². The van der Waals surface area contributed by atoms with Gasteiger partial charge in [0, 0.05) is 32.7 Å². The number of esters is 1. The number of aromatic nitrogens is 1. The Labute approximate surface area is 160 Å². The van der Waals surface area contributed by atoms with Crippen molar-refractivity contribution in [3.05, 3.63) is 75.9 Å². The number of carbonyl (C=O) groups excluding carboxylic acids is 2. The fourth-order valence-electron chi connectivity index (χ4n) is 2.84. The number of hydrogen-bond acceptors (Lipinski definition) is 3. The maximum Gasteiger partial charge on any atom is 0.331 e. The molecule has 0 aliphatic rings. The van der Waals surface area contributed by atoms with Crippen molar-refractivity contribution in [2.45, 2.75) is 20.0 Å². The standard InChI is InChI=1S/C21H18BrNO3/c1-13-20(17-8-3-4-9-18(17)23-13)21(25)14(2)26-19(24)11-10-15-6-5-7-16(22)12-15/h3-12,14,23H,1-2H3/b11-10+/t14-/m1/s1. The lowest BCUT2D eigenvalue weighted by Gasteiger charge is -2.11. The van der Waals surface area contributed by atoms with Crippen LogP contribution in [0, 0.1) is 6.92 Å². The minimum Gasteiger partial charge on any atom is -0.451 e. The number of nitrogens with one attached hydrogen (secondary N) is 1. The average Bonchev–Trinajstić information content (AvgIpc) is 2.95. The molecule has 0 saturated heterocycles. The Bertz CT molecular complexity index is 1000. The molecule has 0 radical (unpaired) electrons. The highest BCUT2D eigenvalue weighted by atomic mass is 79.9. The van der Waals surface area contributed by atoms with Gasteiger partial charge in [-0.3, -0.25) is 4.79 Å². The van der Waals surface area contributed by atoms with Crippen LogP contribution in [0.5, 0.6) is 0 Å². The number of halogens is 1. The zero-order chi connectivity index (χ0) is 18.7. The summed E-state index contributed by atoms with van der Waals surface area (Å²) in [7, 11) is 0. The van der Waals surface area contributed by atoms with E-state index in [2.05, 4.69) is 20.9 Å². The van der Waals surface area contributed by atoms with Crippen molar-refractivity contribution < 1.29 is 14.3 Å². The largest absolute Gasteiger partial charge is 0.451 e. The van der Waals surface area contributed by atoms with E-state index < -0.39 is 12.1 Å². The number of hydrogen-bond donors (Lipinski definition) is 1. The lowest BCUT2D eigenvalue weighted by molar-refractivity contribution is -0.140. The van der Waals surface area contributed by atoms with Crippen molar-refractivity contribution in [3.8, 4) is 0 Å². The van der Waals surface area contributed by atoms with Gasteiger partial charge in [0.1, 0.15) is 0 Å². The van der Waals surface area contributed by atoms with Crippen LogP contribution in [0.15, 0.2) is 59.1 Å². The van der Waals surface area contributed by atoms with Crippen LogP contribution in [0.2, 0.25) is 0 Å². The summed E-state index contributed by atoms with van der Waals surface area (Å²) < 4.78 is 6.21. The number of aromatic amines is 1. The molecule has 2 aromatic carbocycles. The second-order valence-corrected chi connectivity index (χ2v) is 6.92. The van der Waals surface area contributed by atoms with E-state index >= 15 is 0 Å². The summed E-state index contributed by atoms with van der Waals surface area (Å²) in [5, 5.41) is 0.836. The van der Waals surface area contributed by atoms with Gasteiger partial charge < -0.3 is 9.72 Å². The zero-order valence-corrected chi connectivity index (χ0v) is 16.0. The number of ketones is 1. The number of para-hydroxylation sites is 1. The monoisotopic (exact) mass is 411 g/mol. The number of benzene rings is 2. The highest BCUT2D eigenvalue weighted by Crippen LogP contribution is 2.24. The molecule has 1 aromatic heterocycles. The molecule has 1 atom stereocenters. The molecular weight excluding hydrogens is 394 g/mol. The number of ether oxygens (including phenoxy) is 1. The van der Waals surface area contributed by atoms with Crippen LogP contribution < -0.4 is 0 Å². The van der Waals surface area contributed by atoms with E-state index in [1.807, 2.05) is 55.5 Å². The topological polar surface area (TPSA) is 59.2 Å². The highest BCUT2D eigenvalue weighted by Gasteiger charge is 2.23. The van der Waals surface area contributed by atoms with Crippen molar-refractivity contribution in [2.24, 2.45) is 0 Å². The zero-order valence-electron chi connectivity index (χ0n) is 14.5. The summed E-state index contributed by atoms with van der Waals surface area (Å²) in [5.74, 6) is -0.771. The Morgan fingerprint density at radius 1 is 1.15 bits per heavy atom. The number of H-pyrrole nitrogens is 1. The van der Waals surface area contributed by atoms with Crippen LogP contribution in [0.4, 0.5) is 0 Å². The summed E-state index contributed by atoms with van der Waals surface area (Å²) in [6.07, 6.45) is 2.11. The smallest absolute Gasteiger partial charge is 0.331 e. The van der Waals surface area contributed by atoms with Crippen molar-refractivity contribution in [1.29, 1.82) is 0 Å². The predicted molar refractivity (Wildman–Crippen MR) is 106 cm³/mol. The highest BCUT2D eigenvalue weighted by molar-refractivity contribution is 9.10. The Hall–Kier alpha value is -2.66. The van der Waals surface area contributed by atoms with Gasteiger partial charge in [-0.25, -0.2) is 4.79 Å². The van der Waals surface area contributed by atoms with Gasteiger partial charge in [0.2, 0.25) is 5.78 Å². The van der Waals surface area contributed by atoms with E-state index in [1.54, 1.807) is 13.0 Å². The molecule has 0 unspecified atom stereocenters. The molecule has 132 valence electrons. The molecule has 0 amide bonds. The number of rotatable bonds is 5.